The first-order valence-electron chi connectivity index (χ1n) is 4.33. The molecule has 0 bridgehead atoms. The first-order valence-corrected chi connectivity index (χ1v) is 5.48. The quantitative estimate of drug-likeness (QED) is 0.745. The van der Waals surface area contributed by atoms with Crippen LogP contribution in [-0.2, 0) is 11.0 Å². The van der Waals surface area contributed by atoms with Crippen LogP contribution in [0, 0.1) is 0 Å². The molecule has 0 aliphatic heterocycles. The van der Waals surface area contributed by atoms with E-state index in [2.05, 4.69) is 6.58 Å². The van der Waals surface area contributed by atoms with Crippen LogP contribution >= 0.6 is 0 Å². The molecular formula is C9H18F3NOS. The number of hydrogen-bond donors (Lipinski definition) is 1. The molecule has 0 rings (SSSR count). The van der Waals surface area contributed by atoms with Crippen LogP contribution < -0.4 is 4.72 Å². The maximum Gasteiger partial charge on any atom is 0.402 e. The van der Waals surface area contributed by atoms with Gasteiger partial charge in [-0.25, -0.2) is 8.93 Å². The van der Waals surface area contributed by atoms with Crippen LogP contribution in [0.25, 0.3) is 0 Å². The first kappa shape index (κ1) is 17.0. The number of allylic oxidation sites excluding steroid dienone is 1. The summed E-state index contributed by atoms with van der Waals surface area (Å²) in [6.45, 7) is 8.85. The summed E-state index contributed by atoms with van der Waals surface area (Å²) in [5, 5.41) is 0. The van der Waals surface area contributed by atoms with Crippen molar-refractivity contribution in [2.24, 2.45) is 0 Å². The summed E-state index contributed by atoms with van der Waals surface area (Å²) >= 11 is 0. The van der Waals surface area contributed by atoms with E-state index < -0.39 is 28.5 Å². The van der Waals surface area contributed by atoms with Crippen LogP contribution in [-0.4, -0.2) is 21.7 Å². The van der Waals surface area contributed by atoms with Gasteiger partial charge in [0.2, 0.25) is 0 Å². The lowest BCUT2D eigenvalue weighted by Crippen LogP contribution is -2.38. The Labute approximate surface area is 91.5 Å². The molecule has 0 amide bonds. The fraction of sp³-hybridized carbons (Fsp3) is 0.778. The van der Waals surface area contributed by atoms with E-state index >= 15 is 0 Å². The SMILES string of the molecule is C=CC.CC(C)(C)S(=O)NCC(F)(F)F. The largest absolute Gasteiger partial charge is 0.402 e. The highest BCUT2D eigenvalue weighted by molar-refractivity contribution is 7.84. The minimum Gasteiger partial charge on any atom is -0.242 e. The number of nitrogens with one attached hydrogen (secondary N) is 1. The topological polar surface area (TPSA) is 29.1 Å². The predicted molar refractivity (Wildman–Crippen MR) is 57.8 cm³/mol. The summed E-state index contributed by atoms with van der Waals surface area (Å²) in [6, 6.07) is 0. The maximum atomic E-state index is 11.6. The first-order chi connectivity index (χ1) is 6.54. The maximum absolute atomic E-state index is 11.6. The van der Waals surface area contributed by atoms with Crippen molar-refractivity contribution in [1.82, 2.24) is 4.72 Å². The number of halogens is 3. The molecule has 0 saturated heterocycles. The summed E-state index contributed by atoms with van der Waals surface area (Å²) in [5.74, 6) is 0. The average molecular weight is 245 g/mol. The highest BCUT2D eigenvalue weighted by Crippen LogP contribution is 2.14. The van der Waals surface area contributed by atoms with Gasteiger partial charge < -0.3 is 0 Å². The molecule has 0 aromatic carbocycles. The Morgan fingerprint density at radius 3 is 1.87 bits per heavy atom. The van der Waals surface area contributed by atoms with Crippen LogP contribution in [0.5, 0.6) is 0 Å². The van der Waals surface area contributed by atoms with Crippen molar-refractivity contribution in [1.29, 1.82) is 0 Å². The molecule has 6 heteroatoms. The Kier molecular flexibility index (Phi) is 7.96. The number of alkyl halides is 3. The lowest BCUT2D eigenvalue weighted by atomic mass is 10.3. The normalized spacial score (nSPS) is 13.8. The molecule has 0 radical (unpaired) electrons. The van der Waals surface area contributed by atoms with Crippen LogP contribution in [0.4, 0.5) is 13.2 Å². The van der Waals surface area contributed by atoms with Crippen molar-refractivity contribution in [2.75, 3.05) is 6.54 Å². The van der Waals surface area contributed by atoms with Gasteiger partial charge in [-0.05, 0) is 27.7 Å². The zero-order valence-electron chi connectivity index (χ0n) is 9.44. The standard InChI is InChI=1S/C6H12F3NOS.C3H6/c1-5(2,3)12(11)10-4-6(7,8)9;1-3-2/h10H,4H2,1-3H3;3H,1H2,2H3. The van der Waals surface area contributed by atoms with Gasteiger partial charge in [0.05, 0.1) is 15.7 Å². The molecule has 0 aromatic heterocycles. The van der Waals surface area contributed by atoms with E-state index in [0.29, 0.717) is 0 Å². The second kappa shape index (κ2) is 7.00. The van der Waals surface area contributed by atoms with Gasteiger partial charge in [-0.1, -0.05) is 6.08 Å². The minimum absolute atomic E-state index is 0.661. The fourth-order valence-corrected chi connectivity index (χ4v) is 1.09. The van der Waals surface area contributed by atoms with Gasteiger partial charge in [-0.3, -0.25) is 0 Å². The average Bonchev–Trinajstić information content (AvgIpc) is 1.98. The van der Waals surface area contributed by atoms with Gasteiger partial charge in [0, 0.05) is 0 Å². The van der Waals surface area contributed by atoms with E-state index in [9.17, 15) is 17.4 Å². The lowest BCUT2D eigenvalue weighted by molar-refractivity contribution is -0.121. The Morgan fingerprint density at radius 1 is 1.33 bits per heavy atom. The molecule has 15 heavy (non-hydrogen) atoms. The summed E-state index contributed by atoms with van der Waals surface area (Å²) in [5.41, 5.74) is 0. The Hall–Kier alpha value is -0.360. The lowest BCUT2D eigenvalue weighted by Gasteiger charge is -2.18. The Bertz CT molecular complexity index is 208. The molecule has 0 spiro atoms. The second-order valence-electron chi connectivity index (χ2n) is 3.73. The van der Waals surface area contributed by atoms with Gasteiger partial charge >= 0.3 is 6.18 Å². The molecule has 92 valence electrons. The molecule has 0 saturated carbocycles. The smallest absolute Gasteiger partial charge is 0.242 e. The number of rotatable bonds is 2. The van der Waals surface area contributed by atoms with Crippen molar-refractivity contribution in [3.8, 4) is 0 Å². The molecule has 1 unspecified atom stereocenters. The van der Waals surface area contributed by atoms with Crippen molar-refractivity contribution in [3.63, 3.8) is 0 Å². The zero-order valence-corrected chi connectivity index (χ0v) is 10.3. The van der Waals surface area contributed by atoms with Gasteiger partial charge in [0.25, 0.3) is 0 Å². The molecule has 2 nitrogen and oxygen atoms in total. The summed E-state index contributed by atoms with van der Waals surface area (Å²) in [4.78, 5) is 0. The van der Waals surface area contributed by atoms with Crippen molar-refractivity contribution < 1.29 is 17.4 Å². The molecule has 1 atom stereocenters. The highest BCUT2D eigenvalue weighted by atomic mass is 32.2. The van der Waals surface area contributed by atoms with E-state index in [1.165, 1.54) is 0 Å². The van der Waals surface area contributed by atoms with E-state index in [-0.39, 0.29) is 0 Å². The van der Waals surface area contributed by atoms with E-state index in [1.54, 1.807) is 26.8 Å². The molecule has 0 heterocycles. The van der Waals surface area contributed by atoms with Gasteiger partial charge in [0.1, 0.15) is 6.54 Å². The van der Waals surface area contributed by atoms with Gasteiger partial charge in [-0.15, -0.1) is 6.58 Å². The van der Waals surface area contributed by atoms with E-state index in [1.807, 2.05) is 11.6 Å². The Morgan fingerprint density at radius 2 is 1.67 bits per heavy atom. The Balaban J connectivity index is 0. The predicted octanol–water partition coefficient (Wildman–Crippen LogP) is 2.79. The summed E-state index contributed by atoms with van der Waals surface area (Å²) in [7, 11) is -1.65. The highest BCUT2D eigenvalue weighted by Gasteiger charge is 2.30. The number of hydrogen-bond acceptors (Lipinski definition) is 1. The monoisotopic (exact) mass is 245 g/mol. The summed E-state index contributed by atoms with van der Waals surface area (Å²) < 4.78 is 47.1. The summed E-state index contributed by atoms with van der Waals surface area (Å²) in [6.07, 6.45) is -2.55. The molecular weight excluding hydrogens is 227 g/mol. The molecule has 0 aromatic rings. The fourth-order valence-electron chi connectivity index (χ4n) is 0.364. The molecule has 0 aliphatic carbocycles. The van der Waals surface area contributed by atoms with Crippen LogP contribution in [0.3, 0.4) is 0 Å². The minimum atomic E-state index is -4.30. The van der Waals surface area contributed by atoms with Crippen LogP contribution in [0.1, 0.15) is 27.7 Å². The van der Waals surface area contributed by atoms with Crippen LogP contribution in [0.15, 0.2) is 12.7 Å². The third-order valence-electron chi connectivity index (χ3n) is 0.960. The van der Waals surface area contributed by atoms with Crippen molar-refractivity contribution >= 4 is 11.0 Å². The molecule has 0 fully saturated rings. The van der Waals surface area contributed by atoms with Crippen LogP contribution in [0.2, 0.25) is 0 Å². The van der Waals surface area contributed by atoms with Crippen molar-refractivity contribution in [2.45, 2.75) is 38.6 Å². The third kappa shape index (κ3) is 13.6. The zero-order chi connectivity index (χ0) is 12.7. The third-order valence-corrected chi connectivity index (χ3v) is 2.48. The van der Waals surface area contributed by atoms with Gasteiger partial charge in [-0.2, -0.15) is 13.2 Å². The molecule has 0 aliphatic rings. The van der Waals surface area contributed by atoms with Crippen molar-refractivity contribution in [3.05, 3.63) is 12.7 Å². The van der Waals surface area contributed by atoms with E-state index in [4.69, 9.17) is 0 Å². The second-order valence-corrected chi connectivity index (χ2v) is 5.78. The molecule has 1 N–H and O–H groups in total. The van der Waals surface area contributed by atoms with E-state index in [0.717, 1.165) is 0 Å². The van der Waals surface area contributed by atoms with Gasteiger partial charge in [0.15, 0.2) is 0 Å².